The van der Waals surface area contributed by atoms with E-state index in [1.54, 1.807) is 19.2 Å². The van der Waals surface area contributed by atoms with Gasteiger partial charge in [0.15, 0.2) is 5.78 Å². The van der Waals surface area contributed by atoms with E-state index in [1.165, 1.54) is 23.7 Å². The smallest absolute Gasteiger partial charge is 0.332 e. The number of Topliss-reactive ketones (excluding diaryl/α,β-unsaturated/α-hetero) is 1. The molecule has 1 atom stereocenters. The first-order valence-electron chi connectivity index (χ1n) is 8.48. The van der Waals surface area contributed by atoms with E-state index in [0.717, 1.165) is 16.7 Å². The van der Waals surface area contributed by atoms with Crippen molar-refractivity contribution in [1.82, 2.24) is 9.13 Å². The van der Waals surface area contributed by atoms with E-state index >= 15 is 0 Å². The van der Waals surface area contributed by atoms with Gasteiger partial charge in [0.25, 0.3) is 5.56 Å². The van der Waals surface area contributed by atoms with Gasteiger partial charge >= 0.3 is 5.69 Å². The number of carbonyl (C=O) groups excluding carboxylic acids is 1. The SMILES string of the molecule is Cn1c2c(c(=O)n(C)c1=O)C(c1ccc(F)cc1)C1=C(CCCC1=O)N2. The number of nitrogens with zero attached hydrogens (tertiary/aromatic N) is 2. The summed E-state index contributed by atoms with van der Waals surface area (Å²) in [6.07, 6.45) is 1.80. The molecule has 0 fully saturated rings. The van der Waals surface area contributed by atoms with Crippen molar-refractivity contribution in [2.75, 3.05) is 5.32 Å². The molecule has 0 amide bonds. The number of allylic oxidation sites excluding steroid dienone is 2. The minimum Gasteiger partial charge on any atom is -0.344 e. The summed E-state index contributed by atoms with van der Waals surface area (Å²) < 4.78 is 15.8. The molecule has 4 rings (SSSR count). The topological polar surface area (TPSA) is 73.1 Å². The number of aromatic nitrogens is 2. The maximum atomic E-state index is 13.4. The zero-order valence-corrected chi connectivity index (χ0v) is 14.5. The van der Waals surface area contributed by atoms with E-state index in [1.807, 2.05) is 0 Å². The minimum atomic E-state index is -0.611. The van der Waals surface area contributed by atoms with E-state index in [4.69, 9.17) is 0 Å². The maximum absolute atomic E-state index is 13.4. The van der Waals surface area contributed by atoms with E-state index in [9.17, 15) is 18.8 Å². The number of anilines is 1. The fourth-order valence-corrected chi connectivity index (χ4v) is 3.89. The number of fused-ring (bicyclic) bond motifs is 1. The Morgan fingerprint density at radius 2 is 1.73 bits per heavy atom. The molecule has 1 aromatic heterocycles. The molecule has 1 aromatic carbocycles. The van der Waals surface area contributed by atoms with Gasteiger partial charge in [0.05, 0.1) is 5.56 Å². The third-order valence-corrected chi connectivity index (χ3v) is 5.21. The summed E-state index contributed by atoms with van der Waals surface area (Å²) in [5.74, 6) is -0.615. The van der Waals surface area contributed by atoms with Crippen molar-refractivity contribution in [1.29, 1.82) is 0 Å². The number of benzene rings is 1. The van der Waals surface area contributed by atoms with Gasteiger partial charge in [-0.25, -0.2) is 9.18 Å². The highest BCUT2D eigenvalue weighted by atomic mass is 19.1. The quantitative estimate of drug-likeness (QED) is 0.846. The molecule has 1 unspecified atom stereocenters. The third kappa shape index (κ3) is 2.27. The Labute approximate surface area is 148 Å². The van der Waals surface area contributed by atoms with Gasteiger partial charge in [-0.1, -0.05) is 12.1 Å². The lowest BCUT2D eigenvalue weighted by Gasteiger charge is -2.34. The number of hydrogen-bond acceptors (Lipinski definition) is 4. The summed E-state index contributed by atoms with van der Waals surface area (Å²) >= 11 is 0. The van der Waals surface area contributed by atoms with Crippen LogP contribution in [0, 0.1) is 5.82 Å². The first-order valence-corrected chi connectivity index (χ1v) is 8.48. The van der Waals surface area contributed by atoms with Gasteiger partial charge in [0, 0.05) is 37.7 Å². The van der Waals surface area contributed by atoms with Gasteiger partial charge < -0.3 is 5.32 Å². The van der Waals surface area contributed by atoms with Crippen LogP contribution in [0.15, 0.2) is 45.1 Å². The molecule has 1 aliphatic heterocycles. The van der Waals surface area contributed by atoms with Gasteiger partial charge in [-0.2, -0.15) is 0 Å². The van der Waals surface area contributed by atoms with Gasteiger partial charge in [-0.05, 0) is 30.5 Å². The molecule has 0 saturated carbocycles. The number of halogens is 1. The fraction of sp³-hybridized carbons (Fsp3) is 0.316. The third-order valence-electron chi connectivity index (χ3n) is 5.21. The number of hydrogen-bond donors (Lipinski definition) is 1. The highest BCUT2D eigenvalue weighted by Gasteiger charge is 2.38. The van der Waals surface area contributed by atoms with E-state index in [0.29, 0.717) is 35.4 Å². The monoisotopic (exact) mass is 355 g/mol. The minimum absolute atomic E-state index is 0.0189. The van der Waals surface area contributed by atoms with Crippen LogP contribution in [0.2, 0.25) is 0 Å². The summed E-state index contributed by atoms with van der Waals surface area (Å²) in [5.41, 5.74) is 1.40. The number of carbonyl (C=O) groups is 1. The van der Waals surface area contributed by atoms with Gasteiger partial charge in [0.1, 0.15) is 11.6 Å². The van der Waals surface area contributed by atoms with Gasteiger partial charge in [-0.15, -0.1) is 0 Å². The number of ketones is 1. The largest absolute Gasteiger partial charge is 0.344 e. The summed E-state index contributed by atoms with van der Waals surface area (Å²) in [7, 11) is 3.00. The molecule has 26 heavy (non-hydrogen) atoms. The Morgan fingerprint density at radius 3 is 2.42 bits per heavy atom. The Balaban J connectivity index is 2.08. The van der Waals surface area contributed by atoms with Crippen molar-refractivity contribution < 1.29 is 9.18 Å². The average Bonchev–Trinajstić information content (AvgIpc) is 2.64. The molecule has 2 aliphatic rings. The molecule has 134 valence electrons. The zero-order valence-electron chi connectivity index (χ0n) is 14.5. The molecule has 0 bridgehead atoms. The molecule has 2 heterocycles. The molecule has 1 aliphatic carbocycles. The van der Waals surface area contributed by atoms with Crippen molar-refractivity contribution in [3.05, 3.63) is 73.3 Å². The molecule has 0 spiro atoms. The van der Waals surface area contributed by atoms with Crippen molar-refractivity contribution in [3.8, 4) is 0 Å². The first-order chi connectivity index (χ1) is 12.4. The molecule has 0 radical (unpaired) electrons. The van der Waals surface area contributed by atoms with Crippen LogP contribution in [-0.2, 0) is 18.9 Å². The van der Waals surface area contributed by atoms with Crippen molar-refractivity contribution in [2.45, 2.75) is 25.2 Å². The van der Waals surface area contributed by atoms with Crippen LogP contribution in [0.1, 0.15) is 36.3 Å². The van der Waals surface area contributed by atoms with E-state index in [-0.39, 0.29) is 11.6 Å². The molecule has 7 heteroatoms. The Kier molecular flexibility index (Phi) is 3.68. The summed E-state index contributed by atoms with van der Waals surface area (Å²) in [5, 5.41) is 3.15. The predicted octanol–water partition coefficient (Wildman–Crippen LogP) is 1.79. The van der Waals surface area contributed by atoms with Crippen molar-refractivity contribution in [2.24, 2.45) is 14.1 Å². The van der Waals surface area contributed by atoms with Gasteiger partial charge in [-0.3, -0.25) is 18.7 Å². The molecular weight excluding hydrogens is 337 g/mol. The maximum Gasteiger partial charge on any atom is 0.332 e. The van der Waals surface area contributed by atoms with Crippen LogP contribution in [0.3, 0.4) is 0 Å². The van der Waals surface area contributed by atoms with Crippen LogP contribution >= 0.6 is 0 Å². The van der Waals surface area contributed by atoms with Crippen LogP contribution in [0.5, 0.6) is 0 Å². The standard InChI is InChI=1S/C19H18FN3O3/c1-22-17-16(18(25)23(2)19(22)26)14(10-6-8-11(20)9-7-10)15-12(21-17)4-3-5-13(15)24/h6-9,14,21H,3-5H2,1-2H3. The van der Waals surface area contributed by atoms with Crippen LogP contribution in [-0.4, -0.2) is 14.9 Å². The number of nitrogens with one attached hydrogen (secondary N) is 1. The lowest BCUT2D eigenvalue weighted by atomic mass is 9.76. The lowest BCUT2D eigenvalue weighted by Crippen LogP contribution is -2.44. The average molecular weight is 355 g/mol. The summed E-state index contributed by atoms with van der Waals surface area (Å²) in [6, 6.07) is 5.81. The van der Waals surface area contributed by atoms with E-state index in [2.05, 4.69) is 5.32 Å². The van der Waals surface area contributed by atoms with Crippen LogP contribution in [0.4, 0.5) is 10.2 Å². The predicted molar refractivity (Wildman–Crippen MR) is 94.7 cm³/mol. The van der Waals surface area contributed by atoms with Crippen LogP contribution < -0.4 is 16.6 Å². The summed E-state index contributed by atoms with van der Waals surface area (Å²) in [4.78, 5) is 37.9. The number of rotatable bonds is 1. The van der Waals surface area contributed by atoms with E-state index < -0.39 is 17.2 Å². The molecule has 1 N–H and O–H groups in total. The summed E-state index contributed by atoms with van der Waals surface area (Å²) in [6.45, 7) is 0. The Morgan fingerprint density at radius 1 is 1.04 bits per heavy atom. The highest BCUT2D eigenvalue weighted by Crippen LogP contribution is 2.43. The van der Waals surface area contributed by atoms with Gasteiger partial charge in [0.2, 0.25) is 0 Å². The fourth-order valence-electron chi connectivity index (χ4n) is 3.89. The second-order valence-electron chi connectivity index (χ2n) is 6.75. The molecule has 6 nitrogen and oxygen atoms in total. The lowest BCUT2D eigenvalue weighted by molar-refractivity contribution is -0.116. The normalized spacial score (nSPS) is 19.0. The Hall–Kier alpha value is -2.96. The Bertz CT molecular complexity index is 1080. The second-order valence-corrected chi connectivity index (χ2v) is 6.75. The second kappa shape index (κ2) is 5.79. The van der Waals surface area contributed by atoms with Crippen molar-refractivity contribution in [3.63, 3.8) is 0 Å². The molecule has 0 saturated heterocycles. The zero-order chi connectivity index (χ0) is 18.6. The van der Waals surface area contributed by atoms with Crippen LogP contribution in [0.25, 0.3) is 0 Å². The first kappa shape index (κ1) is 16.5. The highest BCUT2D eigenvalue weighted by molar-refractivity contribution is 6.00. The molecular formula is C19H18FN3O3. The van der Waals surface area contributed by atoms with Crippen molar-refractivity contribution >= 4 is 11.6 Å². The molecule has 2 aromatic rings.